The standard InChI is InChI=1S/C21H25N3O3S/c1-15-7-9-16(10-8-15)28-12-11-23-20(25)14-24-13-19(21(26)22-2)27-18-6-4-3-5-17(18)24/h3-10,19H,11-14H2,1-2H3,(H,22,26)(H,23,25)/t19-/m1/s1. The Bertz CT molecular complexity index is 826. The maximum atomic E-state index is 12.4. The normalized spacial score (nSPS) is 15.4. The second-order valence-electron chi connectivity index (χ2n) is 6.58. The Morgan fingerprint density at radius 1 is 1.18 bits per heavy atom. The summed E-state index contributed by atoms with van der Waals surface area (Å²) in [5.74, 6) is 1.14. The van der Waals surface area contributed by atoms with Crippen molar-refractivity contribution in [1.29, 1.82) is 0 Å². The summed E-state index contributed by atoms with van der Waals surface area (Å²) >= 11 is 1.71. The van der Waals surface area contributed by atoms with Gasteiger partial charge in [0, 0.05) is 24.2 Å². The SMILES string of the molecule is CNC(=O)[C@H]1CN(CC(=O)NCCSc2ccc(C)cc2)c2ccccc2O1. The number of carbonyl (C=O) groups is 2. The van der Waals surface area contributed by atoms with E-state index in [0.29, 0.717) is 18.8 Å². The Morgan fingerprint density at radius 3 is 2.68 bits per heavy atom. The molecule has 1 atom stereocenters. The molecule has 0 aromatic heterocycles. The number of fused-ring (bicyclic) bond motifs is 1. The number of nitrogens with one attached hydrogen (secondary N) is 2. The van der Waals surface area contributed by atoms with E-state index in [1.807, 2.05) is 29.2 Å². The van der Waals surface area contributed by atoms with Gasteiger partial charge in [0.25, 0.3) is 5.91 Å². The minimum atomic E-state index is -0.634. The molecule has 2 aromatic rings. The van der Waals surface area contributed by atoms with Crippen LogP contribution < -0.4 is 20.3 Å². The fraction of sp³-hybridized carbons (Fsp3) is 0.333. The van der Waals surface area contributed by atoms with Crippen LogP contribution in [0.3, 0.4) is 0 Å². The summed E-state index contributed by atoms with van der Waals surface area (Å²) in [7, 11) is 1.58. The van der Waals surface area contributed by atoms with E-state index < -0.39 is 6.10 Å². The number of hydrogen-bond donors (Lipinski definition) is 2. The van der Waals surface area contributed by atoms with Crippen LogP contribution in [0.4, 0.5) is 5.69 Å². The highest BCUT2D eigenvalue weighted by atomic mass is 32.2. The summed E-state index contributed by atoms with van der Waals surface area (Å²) in [5.41, 5.74) is 2.06. The van der Waals surface area contributed by atoms with Crippen LogP contribution in [0.15, 0.2) is 53.4 Å². The van der Waals surface area contributed by atoms with Crippen LogP contribution in [0.1, 0.15) is 5.56 Å². The third-order valence-electron chi connectivity index (χ3n) is 4.45. The van der Waals surface area contributed by atoms with Crippen molar-refractivity contribution in [3.63, 3.8) is 0 Å². The molecule has 1 aliphatic heterocycles. The Labute approximate surface area is 169 Å². The highest BCUT2D eigenvalue weighted by Crippen LogP contribution is 2.32. The number of rotatable bonds is 7. The van der Waals surface area contributed by atoms with Gasteiger partial charge in [-0.1, -0.05) is 29.8 Å². The van der Waals surface area contributed by atoms with Crippen LogP contribution in [0.2, 0.25) is 0 Å². The van der Waals surface area contributed by atoms with Gasteiger partial charge in [-0.3, -0.25) is 9.59 Å². The van der Waals surface area contributed by atoms with Crippen LogP contribution >= 0.6 is 11.8 Å². The fourth-order valence-electron chi connectivity index (χ4n) is 2.98. The predicted octanol–water partition coefficient (Wildman–Crippen LogP) is 2.22. The zero-order valence-electron chi connectivity index (χ0n) is 16.1. The lowest BCUT2D eigenvalue weighted by Crippen LogP contribution is -2.50. The van der Waals surface area contributed by atoms with Gasteiger partial charge in [-0.25, -0.2) is 0 Å². The molecular weight excluding hydrogens is 374 g/mol. The Hall–Kier alpha value is -2.67. The number of amides is 2. The lowest BCUT2D eigenvalue weighted by molar-refractivity contribution is -0.127. The van der Waals surface area contributed by atoms with E-state index in [-0.39, 0.29) is 18.4 Å². The second kappa shape index (κ2) is 9.50. The number of thioether (sulfide) groups is 1. The third kappa shape index (κ3) is 5.19. The Morgan fingerprint density at radius 2 is 1.93 bits per heavy atom. The van der Waals surface area contributed by atoms with Crippen LogP contribution in [-0.4, -0.2) is 50.4 Å². The van der Waals surface area contributed by atoms with Gasteiger partial charge >= 0.3 is 0 Å². The number of aryl methyl sites for hydroxylation is 1. The number of benzene rings is 2. The van der Waals surface area contributed by atoms with E-state index in [4.69, 9.17) is 4.74 Å². The van der Waals surface area contributed by atoms with Crippen LogP contribution in [0.5, 0.6) is 5.75 Å². The van der Waals surface area contributed by atoms with Crippen molar-refractivity contribution in [3.05, 3.63) is 54.1 Å². The molecule has 1 heterocycles. The molecule has 3 rings (SSSR count). The quantitative estimate of drug-likeness (QED) is 0.552. The molecule has 0 fully saturated rings. The Kier molecular flexibility index (Phi) is 6.81. The average molecular weight is 400 g/mol. The van der Waals surface area contributed by atoms with Crippen molar-refractivity contribution in [2.45, 2.75) is 17.9 Å². The molecule has 0 bridgehead atoms. The predicted molar refractivity (Wildman–Crippen MR) is 112 cm³/mol. The lowest BCUT2D eigenvalue weighted by Gasteiger charge is -2.34. The summed E-state index contributed by atoms with van der Waals surface area (Å²) in [6.07, 6.45) is -0.634. The summed E-state index contributed by atoms with van der Waals surface area (Å²) in [5, 5.41) is 5.56. The van der Waals surface area contributed by atoms with Gasteiger partial charge < -0.3 is 20.3 Å². The van der Waals surface area contributed by atoms with E-state index in [2.05, 4.69) is 41.8 Å². The first-order valence-electron chi connectivity index (χ1n) is 9.25. The van der Waals surface area contributed by atoms with Gasteiger partial charge in [-0.15, -0.1) is 11.8 Å². The number of para-hydroxylation sites is 2. The van der Waals surface area contributed by atoms with Crippen molar-refractivity contribution in [2.75, 3.05) is 37.3 Å². The van der Waals surface area contributed by atoms with Crippen LogP contribution in [-0.2, 0) is 9.59 Å². The largest absolute Gasteiger partial charge is 0.477 e. The van der Waals surface area contributed by atoms with E-state index >= 15 is 0 Å². The molecular formula is C21H25N3O3S. The highest BCUT2D eigenvalue weighted by molar-refractivity contribution is 7.99. The maximum Gasteiger partial charge on any atom is 0.262 e. The van der Waals surface area contributed by atoms with Crippen LogP contribution in [0, 0.1) is 6.92 Å². The number of carbonyl (C=O) groups excluding carboxylic acids is 2. The van der Waals surface area contributed by atoms with E-state index in [1.165, 1.54) is 10.5 Å². The van der Waals surface area contributed by atoms with Gasteiger partial charge in [-0.05, 0) is 31.2 Å². The minimum Gasteiger partial charge on any atom is -0.477 e. The average Bonchev–Trinajstić information content (AvgIpc) is 2.71. The summed E-state index contributed by atoms with van der Waals surface area (Å²) in [6.45, 7) is 3.17. The maximum absolute atomic E-state index is 12.4. The van der Waals surface area contributed by atoms with Gasteiger partial charge in [0.05, 0.1) is 18.8 Å². The molecule has 148 valence electrons. The first-order chi connectivity index (χ1) is 13.6. The number of likely N-dealkylation sites (N-methyl/N-ethyl adjacent to an activating group) is 1. The molecule has 0 spiro atoms. The molecule has 0 saturated carbocycles. The summed E-state index contributed by atoms with van der Waals surface area (Å²) in [4.78, 5) is 27.5. The van der Waals surface area contributed by atoms with Crippen molar-refractivity contribution >= 4 is 29.3 Å². The monoisotopic (exact) mass is 399 g/mol. The minimum absolute atomic E-state index is 0.0723. The van der Waals surface area contributed by atoms with Crippen molar-refractivity contribution in [1.82, 2.24) is 10.6 Å². The van der Waals surface area contributed by atoms with Gasteiger partial charge in [0.15, 0.2) is 6.10 Å². The summed E-state index contributed by atoms with van der Waals surface area (Å²) in [6, 6.07) is 15.8. The molecule has 0 saturated heterocycles. The smallest absolute Gasteiger partial charge is 0.262 e. The molecule has 2 amide bonds. The second-order valence-corrected chi connectivity index (χ2v) is 7.75. The van der Waals surface area contributed by atoms with Gasteiger partial charge in [0.1, 0.15) is 5.75 Å². The molecule has 0 radical (unpaired) electrons. The number of anilines is 1. The zero-order chi connectivity index (χ0) is 19.9. The highest BCUT2D eigenvalue weighted by Gasteiger charge is 2.30. The van der Waals surface area contributed by atoms with Gasteiger partial charge in [0.2, 0.25) is 5.91 Å². The van der Waals surface area contributed by atoms with Crippen molar-refractivity contribution in [2.24, 2.45) is 0 Å². The number of hydrogen-bond acceptors (Lipinski definition) is 5. The van der Waals surface area contributed by atoms with Gasteiger partial charge in [-0.2, -0.15) is 0 Å². The molecule has 1 aliphatic rings. The molecule has 0 aliphatic carbocycles. The number of nitrogens with zero attached hydrogens (tertiary/aromatic N) is 1. The molecule has 6 nitrogen and oxygen atoms in total. The Balaban J connectivity index is 1.52. The fourth-order valence-corrected chi connectivity index (χ4v) is 3.75. The molecule has 28 heavy (non-hydrogen) atoms. The van der Waals surface area contributed by atoms with Crippen molar-refractivity contribution in [3.8, 4) is 5.75 Å². The molecule has 7 heteroatoms. The molecule has 0 unspecified atom stereocenters. The van der Waals surface area contributed by atoms with E-state index in [1.54, 1.807) is 18.8 Å². The number of ether oxygens (including phenoxy) is 1. The zero-order valence-corrected chi connectivity index (χ0v) is 16.9. The topological polar surface area (TPSA) is 70.7 Å². The van der Waals surface area contributed by atoms with E-state index in [0.717, 1.165) is 11.4 Å². The van der Waals surface area contributed by atoms with E-state index in [9.17, 15) is 9.59 Å². The first kappa shape index (κ1) is 20.1. The van der Waals surface area contributed by atoms with Crippen LogP contribution in [0.25, 0.3) is 0 Å². The lowest BCUT2D eigenvalue weighted by atomic mass is 10.1. The third-order valence-corrected chi connectivity index (χ3v) is 5.46. The summed E-state index contributed by atoms with van der Waals surface area (Å²) < 4.78 is 5.76. The van der Waals surface area contributed by atoms with Crippen molar-refractivity contribution < 1.29 is 14.3 Å². The molecule has 2 N–H and O–H groups in total. The molecule has 2 aromatic carbocycles. The first-order valence-corrected chi connectivity index (χ1v) is 10.2.